The van der Waals surface area contributed by atoms with Gasteiger partial charge in [-0.25, -0.2) is 8.42 Å². The fourth-order valence-corrected chi connectivity index (χ4v) is 3.31. The molecule has 2 heterocycles. The van der Waals surface area contributed by atoms with Crippen LogP contribution in [0.2, 0.25) is 0 Å². The second-order valence-electron chi connectivity index (χ2n) is 3.98. The Balaban J connectivity index is 2.11. The number of nitrogens with zero attached hydrogens (tertiary/aromatic N) is 4. The molecule has 2 aromatic heterocycles. The second kappa shape index (κ2) is 6.29. The predicted octanol–water partition coefficient (Wildman–Crippen LogP) is 0.480. The van der Waals surface area contributed by atoms with E-state index in [0.29, 0.717) is 19.4 Å². The van der Waals surface area contributed by atoms with Gasteiger partial charge in [0.05, 0.1) is 6.20 Å². The van der Waals surface area contributed by atoms with Crippen LogP contribution in [-0.4, -0.2) is 40.1 Å². The lowest BCUT2D eigenvalue weighted by Crippen LogP contribution is -2.12. The molecule has 0 unspecified atom stereocenters. The third kappa shape index (κ3) is 3.52. The van der Waals surface area contributed by atoms with E-state index in [-0.39, 0.29) is 16.6 Å². The molecule has 20 heavy (non-hydrogen) atoms. The maximum Gasteiger partial charge on any atom is 0.266 e. The first-order valence-electron chi connectivity index (χ1n) is 6.03. The van der Waals surface area contributed by atoms with Gasteiger partial charge < -0.3 is 5.11 Å². The molecule has 0 aromatic carbocycles. The maximum atomic E-state index is 12.1. The highest BCUT2D eigenvalue weighted by molar-refractivity contribution is 7.93. The lowest BCUT2D eigenvalue weighted by Gasteiger charge is -2.01. The molecule has 0 amide bonds. The number of aliphatic hydroxyl groups is 1. The van der Waals surface area contributed by atoms with Crippen molar-refractivity contribution in [2.45, 2.75) is 31.2 Å². The number of anilines is 1. The molecule has 10 heteroatoms. The number of aliphatic hydroxyl groups excluding tert-OH is 1. The lowest BCUT2D eigenvalue weighted by atomic mass is 10.5. The van der Waals surface area contributed by atoms with E-state index in [2.05, 4.69) is 20.0 Å². The first-order chi connectivity index (χ1) is 9.55. The number of sulfonamides is 1. The normalized spacial score (nSPS) is 11.7. The fourth-order valence-electron chi connectivity index (χ4n) is 1.45. The Bertz CT molecular complexity index is 664. The summed E-state index contributed by atoms with van der Waals surface area (Å²) in [5, 5.41) is 21.3. The molecule has 2 N–H and O–H groups in total. The van der Waals surface area contributed by atoms with E-state index in [1.165, 1.54) is 28.4 Å². The van der Waals surface area contributed by atoms with Crippen molar-refractivity contribution in [3.8, 4) is 0 Å². The highest BCUT2D eigenvalue weighted by Crippen LogP contribution is 2.19. The van der Waals surface area contributed by atoms with Gasteiger partial charge in [0.1, 0.15) is 9.90 Å². The Morgan fingerprint density at radius 1 is 1.45 bits per heavy atom. The quantitative estimate of drug-likeness (QED) is 0.768. The van der Waals surface area contributed by atoms with Crippen LogP contribution in [0.15, 0.2) is 17.3 Å². The number of aromatic nitrogens is 4. The van der Waals surface area contributed by atoms with Crippen LogP contribution in [0.4, 0.5) is 5.13 Å². The third-order valence-corrected chi connectivity index (χ3v) is 4.86. The number of rotatable bonds is 7. The lowest BCUT2D eigenvalue weighted by molar-refractivity contribution is 0.277. The van der Waals surface area contributed by atoms with Gasteiger partial charge in [-0.1, -0.05) is 18.3 Å². The smallest absolute Gasteiger partial charge is 0.266 e. The average molecular weight is 317 g/mol. The van der Waals surface area contributed by atoms with Crippen LogP contribution in [0.25, 0.3) is 0 Å². The van der Waals surface area contributed by atoms with Crippen LogP contribution in [0.5, 0.6) is 0 Å². The van der Waals surface area contributed by atoms with E-state index in [1.54, 1.807) is 0 Å². The zero-order valence-electron chi connectivity index (χ0n) is 10.9. The Kier molecular flexibility index (Phi) is 4.68. The minimum absolute atomic E-state index is 0.0325. The molecule has 0 aliphatic carbocycles. The summed E-state index contributed by atoms with van der Waals surface area (Å²) in [5.41, 5.74) is 0. The number of hydrogen-bond acceptors (Lipinski definition) is 7. The molecular formula is C10H15N5O3S2. The molecule has 0 fully saturated rings. The highest BCUT2D eigenvalue weighted by Gasteiger charge is 2.18. The molecule has 0 spiro atoms. The Morgan fingerprint density at radius 2 is 2.25 bits per heavy atom. The Labute approximate surface area is 120 Å². The Hall–Kier alpha value is -1.52. The maximum absolute atomic E-state index is 12.1. The summed E-state index contributed by atoms with van der Waals surface area (Å²) in [6, 6.07) is 0. The van der Waals surface area contributed by atoms with Crippen LogP contribution in [0.1, 0.15) is 18.4 Å². The van der Waals surface area contributed by atoms with Crippen molar-refractivity contribution in [1.82, 2.24) is 20.0 Å². The van der Waals surface area contributed by atoms with Crippen LogP contribution >= 0.6 is 11.3 Å². The van der Waals surface area contributed by atoms with E-state index in [0.717, 1.165) is 5.01 Å². The van der Waals surface area contributed by atoms with Crippen LogP contribution in [0, 0.1) is 0 Å². The first kappa shape index (κ1) is 14.9. The van der Waals surface area contributed by atoms with Gasteiger partial charge >= 0.3 is 0 Å². The van der Waals surface area contributed by atoms with Crippen molar-refractivity contribution in [3.05, 3.63) is 17.4 Å². The van der Waals surface area contributed by atoms with E-state index in [4.69, 9.17) is 5.11 Å². The Morgan fingerprint density at radius 3 is 2.90 bits per heavy atom. The molecule has 0 aliphatic heterocycles. The van der Waals surface area contributed by atoms with E-state index >= 15 is 0 Å². The van der Waals surface area contributed by atoms with Gasteiger partial charge in [-0.15, -0.1) is 10.2 Å². The summed E-state index contributed by atoms with van der Waals surface area (Å²) in [4.78, 5) is 0.0590. The monoisotopic (exact) mass is 317 g/mol. The number of aryl methyl sites for hydroxylation is 2. The molecule has 0 saturated carbocycles. The van der Waals surface area contributed by atoms with E-state index in [1.807, 2.05) is 6.92 Å². The SMILES string of the molecule is CCc1nnc(NS(=O)(=O)c2cnn(CCCO)c2)s1. The van der Waals surface area contributed by atoms with Gasteiger partial charge in [0.15, 0.2) is 0 Å². The van der Waals surface area contributed by atoms with Crippen molar-refractivity contribution in [3.63, 3.8) is 0 Å². The minimum Gasteiger partial charge on any atom is -0.396 e. The fraction of sp³-hybridized carbons (Fsp3) is 0.500. The summed E-state index contributed by atoms with van der Waals surface area (Å²) < 4.78 is 28.1. The standard InChI is InChI=1S/C10H15N5O3S2/c1-2-9-12-13-10(19-9)14-20(17,18)8-6-11-15(7-8)4-3-5-16/h6-7,16H,2-5H2,1H3,(H,13,14). The van der Waals surface area contributed by atoms with Crippen molar-refractivity contribution in [2.75, 3.05) is 11.3 Å². The predicted molar refractivity (Wildman–Crippen MR) is 74.0 cm³/mol. The number of hydrogen-bond donors (Lipinski definition) is 2. The molecule has 8 nitrogen and oxygen atoms in total. The van der Waals surface area contributed by atoms with Gasteiger partial charge in [0.25, 0.3) is 10.0 Å². The van der Waals surface area contributed by atoms with Gasteiger partial charge in [0, 0.05) is 19.3 Å². The van der Waals surface area contributed by atoms with E-state index < -0.39 is 10.0 Å². The van der Waals surface area contributed by atoms with Crippen molar-refractivity contribution >= 4 is 26.5 Å². The molecule has 0 saturated heterocycles. The van der Waals surface area contributed by atoms with Crippen molar-refractivity contribution in [2.24, 2.45) is 0 Å². The molecule has 0 atom stereocenters. The van der Waals surface area contributed by atoms with Gasteiger partial charge in [-0.05, 0) is 12.8 Å². The van der Waals surface area contributed by atoms with Crippen molar-refractivity contribution in [1.29, 1.82) is 0 Å². The summed E-state index contributed by atoms with van der Waals surface area (Å²) >= 11 is 1.20. The minimum atomic E-state index is -3.70. The molecular weight excluding hydrogens is 302 g/mol. The summed E-state index contributed by atoms with van der Waals surface area (Å²) in [7, 11) is -3.70. The van der Waals surface area contributed by atoms with Gasteiger partial charge in [-0.2, -0.15) is 5.10 Å². The average Bonchev–Trinajstić information content (AvgIpc) is 3.04. The summed E-state index contributed by atoms with van der Waals surface area (Å²) in [5.74, 6) is 0. The zero-order valence-corrected chi connectivity index (χ0v) is 12.5. The zero-order chi connectivity index (χ0) is 14.6. The van der Waals surface area contributed by atoms with Crippen LogP contribution < -0.4 is 4.72 Å². The van der Waals surface area contributed by atoms with Crippen LogP contribution in [-0.2, 0) is 23.0 Å². The molecule has 0 aliphatic rings. The first-order valence-corrected chi connectivity index (χ1v) is 8.33. The molecule has 110 valence electrons. The molecule has 2 rings (SSSR count). The summed E-state index contributed by atoms with van der Waals surface area (Å²) in [6.45, 7) is 2.42. The number of nitrogens with one attached hydrogen (secondary N) is 1. The molecule has 0 bridgehead atoms. The van der Waals surface area contributed by atoms with Gasteiger partial charge in [-0.3, -0.25) is 9.40 Å². The molecule has 0 radical (unpaired) electrons. The van der Waals surface area contributed by atoms with Crippen molar-refractivity contribution < 1.29 is 13.5 Å². The third-order valence-electron chi connectivity index (χ3n) is 2.46. The van der Waals surface area contributed by atoms with Crippen LogP contribution in [0.3, 0.4) is 0 Å². The largest absolute Gasteiger partial charge is 0.396 e. The van der Waals surface area contributed by atoms with E-state index in [9.17, 15) is 8.42 Å². The van der Waals surface area contributed by atoms with Gasteiger partial charge in [0.2, 0.25) is 5.13 Å². The second-order valence-corrected chi connectivity index (χ2v) is 6.72. The molecule has 2 aromatic rings. The highest BCUT2D eigenvalue weighted by atomic mass is 32.2. The topological polar surface area (TPSA) is 110 Å². The summed E-state index contributed by atoms with van der Waals surface area (Å²) in [6.07, 6.45) is 3.91.